The van der Waals surface area contributed by atoms with E-state index in [9.17, 15) is 5.26 Å². The zero-order chi connectivity index (χ0) is 11.0. The van der Waals surface area contributed by atoms with Crippen LogP contribution in [0.3, 0.4) is 0 Å². The molecule has 1 saturated heterocycles. The smallest absolute Gasteiger partial charge is 0.129 e. The molecule has 3 nitrogen and oxygen atoms in total. The lowest BCUT2D eigenvalue weighted by Gasteiger charge is -2.35. The van der Waals surface area contributed by atoms with Crippen molar-refractivity contribution < 1.29 is 4.74 Å². The van der Waals surface area contributed by atoms with E-state index in [0.717, 1.165) is 16.5 Å². The number of nitriles is 1. The molecule has 0 saturated carbocycles. The summed E-state index contributed by atoms with van der Waals surface area (Å²) in [5, 5.41) is 10.3. The van der Waals surface area contributed by atoms with Crippen molar-refractivity contribution >= 4 is 10.9 Å². The molecule has 3 rings (SSSR count). The number of ether oxygens (including phenoxy) is 1. The molecule has 0 atom stereocenters. The second-order valence-corrected chi connectivity index (χ2v) is 4.10. The summed E-state index contributed by atoms with van der Waals surface area (Å²) in [5.74, 6) is 0. The van der Waals surface area contributed by atoms with Gasteiger partial charge in [0.1, 0.15) is 5.41 Å². The average molecular weight is 210 g/mol. The van der Waals surface area contributed by atoms with Gasteiger partial charge in [0.15, 0.2) is 0 Å². The van der Waals surface area contributed by atoms with Gasteiger partial charge in [0, 0.05) is 11.6 Å². The van der Waals surface area contributed by atoms with Crippen LogP contribution in [0.4, 0.5) is 0 Å². The van der Waals surface area contributed by atoms with Crippen LogP contribution in [0.2, 0.25) is 0 Å². The summed E-state index contributed by atoms with van der Waals surface area (Å²) in [6.45, 7) is 0.991. The van der Waals surface area contributed by atoms with E-state index in [1.54, 1.807) is 6.20 Å². The number of fused-ring (bicyclic) bond motifs is 1. The summed E-state index contributed by atoms with van der Waals surface area (Å²) < 4.78 is 5.16. The van der Waals surface area contributed by atoms with E-state index in [0.29, 0.717) is 13.2 Å². The second-order valence-electron chi connectivity index (χ2n) is 4.10. The molecular weight excluding hydrogens is 200 g/mol. The molecule has 0 bridgehead atoms. The highest BCUT2D eigenvalue weighted by atomic mass is 16.5. The molecule has 0 spiro atoms. The Kier molecular flexibility index (Phi) is 1.92. The van der Waals surface area contributed by atoms with Gasteiger partial charge in [-0.05, 0) is 23.8 Å². The van der Waals surface area contributed by atoms with Crippen molar-refractivity contribution in [2.24, 2.45) is 0 Å². The molecule has 1 aliphatic rings. The van der Waals surface area contributed by atoms with E-state index in [2.05, 4.69) is 11.1 Å². The van der Waals surface area contributed by atoms with Gasteiger partial charge in [-0.15, -0.1) is 0 Å². The van der Waals surface area contributed by atoms with E-state index in [1.165, 1.54) is 0 Å². The van der Waals surface area contributed by atoms with Crippen LogP contribution < -0.4 is 0 Å². The maximum absolute atomic E-state index is 9.22. The number of hydrogen-bond donors (Lipinski definition) is 0. The second kappa shape index (κ2) is 3.29. The van der Waals surface area contributed by atoms with Crippen LogP contribution >= 0.6 is 0 Å². The van der Waals surface area contributed by atoms with Crippen LogP contribution in [0.5, 0.6) is 0 Å². The summed E-state index contributed by atoms with van der Waals surface area (Å²) in [7, 11) is 0. The molecular formula is C13H10N2O. The number of aromatic nitrogens is 1. The number of benzene rings is 1. The third-order valence-corrected chi connectivity index (χ3v) is 3.07. The van der Waals surface area contributed by atoms with Crippen LogP contribution in [0.25, 0.3) is 10.9 Å². The highest BCUT2D eigenvalue weighted by Crippen LogP contribution is 2.32. The van der Waals surface area contributed by atoms with Gasteiger partial charge in [-0.2, -0.15) is 5.26 Å². The van der Waals surface area contributed by atoms with Gasteiger partial charge >= 0.3 is 0 Å². The minimum Gasteiger partial charge on any atom is -0.377 e. The first-order valence-corrected chi connectivity index (χ1v) is 5.18. The number of hydrogen-bond acceptors (Lipinski definition) is 3. The molecule has 1 aliphatic heterocycles. The Balaban J connectivity index is 2.16. The zero-order valence-corrected chi connectivity index (χ0v) is 8.68. The van der Waals surface area contributed by atoms with Gasteiger partial charge in [-0.1, -0.05) is 12.1 Å². The Bertz CT molecular complexity index is 582. The van der Waals surface area contributed by atoms with Crippen molar-refractivity contribution in [2.75, 3.05) is 13.2 Å². The maximum atomic E-state index is 9.22. The SMILES string of the molecule is N#CC1(c2ccc3ncccc3c2)COC1. The Morgan fingerprint density at radius 1 is 1.31 bits per heavy atom. The fourth-order valence-electron chi connectivity index (χ4n) is 1.98. The Labute approximate surface area is 93.3 Å². The molecule has 0 unspecified atom stereocenters. The minimum atomic E-state index is -0.440. The third kappa shape index (κ3) is 1.21. The van der Waals surface area contributed by atoms with Crippen LogP contribution in [-0.4, -0.2) is 18.2 Å². The van der Waals surface area contributed by atoms with Crippen LogP contribution in [0.1, 0.15) is 5.56 Å². The maximum Gasteiger partial charge on any atom is 0.129 e. The molecule has 16 heavy (non-hydrogen) atoms. The molecule has 1 fully saturated rings. The lowest BCUT2D eigenvalue weighted by atomic mass is 9.80. The van der Waals surface area contributed by atoms with E-state index in [1.807, 2.05) is 30.3 Å². The molecule has 78 valence electrons. The Morgan fingerprint density at radius 3 is 2.88 bits per heavy atom. The number of rotatable bonds is 1. The standard InChI is InChI=1S/C13H10N2O/c14-7-13(8-16-9-13)11-3-4-12-10(6-11)2-1-5-15-12/h1-6H,8-9H2. The summed E-state index contributed by atoms with van der Waals surface area (Å²) in [5.41, 5.74) is 1.55. The van der Waals surface area contributed by atoms with Gasteiger partial charge < -0.3 is 4.74 Å². The van der Waals surface area contributed by atoms with E-state index in [4.69, 9.17) is 4.74 Å². The molecule has 2 aromatic rings. The topological polar surface area (TPSA) is 45.9 Å². The first-order valence-electron chi connectivity index (χ1n) is 5.18. The van der Waals surface area contributed by atoms with Crippen molar-refractivity contribution in [3.63, 3.8) is 0 Å². The summed E-state index contributed by atoms with van der Waals surface area (Å²) >= 11 is 0. The molecule has 1 aromatic heterocycles. The van der Waals surface area contributed by atoms with E-state index < -0.39 is 5.41 Å². The zero-order valence-electron chi connectivity index (χ0n) is 8.68. The summed E-state index contributed by atoms with van der Waals surface area (Å²) in [6, 6.07) is 12.2. The summed E-state index contributed by atoms with van der Waals surface area (Å²) in [6.07, 6.45) is 1.77. The van der Waals surface area contributed by atoms with Crippen molar-refractivity contribution in [1.82, 2.24) is 4.98 Å². The lowest BCUT2D eigenvalue weighted by Crippen LogP contribution is -2.45. The van der Waals surface area contributed by atoms with Crippen molar-refractivity contribution in [1.29, 1.82) is 5.26 Å². The predicted octanol–water partition coefficient (Wildman–Crippen LogP) is 2.03. The number of nitrogens with zero attached hydrogens (tertiary/aromatic N) is 2. The first-order chi connectivity index (χ1) is 7.84. The van der Waals surface area contributed by atoms with Crippen LogP contribution in [0.15, 0.2) is 36.5 Å². The quantitative estimate of drug-likeness (QED) is 0.723. The highest BCUT2D eigenvalue weighted by molar-refractivity contribution is 5.79. The van der Waals surface area contributed by atoms with Crippen molar-refractivity contribution in [3.8, 4) is 6.07 Å². The van der Waals surface area contributed by atoms with E-state index in [-0.39, 0.29) is 0 Å². The number of pyridine rings is 1. The fourth-order valence-corrected chi connectivity index (χ4v) is 1.98. The molecule has 2 heterocycles. The molecule has 0 radical (unpaired) electrons. The third-order valence-electron chi connectivity index (χ3n) is 3.07. The first kappa shape index (κ1) is 9.32. The van der Waals surface area contributed by atoms with Crippen LogP contribution in [-0.2, 0) is 10.2 Å². The molecule has 0 N–H and O–H groups in total. The molecule has 0 aliphatic carbocycles. The largest absolute Gasteiger partial charge is 0.377 e. The van der Waals surface area contributed by atoms with E-state index >= 15 is 0 Å². The van der Waals surface area contributed by atoms with Crippen molar-refractivity contribution in [2.45, 2.75) is 5.41 Å². The van der Waals surface area contributed by atoms with Crippen LogP contribution in [0, 0.1) is 11.3 Å². The monoisotopic (exact) mass is 210 g/mol. The van der Waals surface area contributed by atoms with Crippen molar-refractivity contribution in [3.05, 3.63) is 42.1 Å². The molecule has 1 aromatic carbocycles. The highest BCUT2D eigenvalue weighted by Gasteiger charge is 2.40. The average Bonchev–Trinajstić information content (AvgIpc) is 2.28. The van der Waals surface area contributed by atoms with Gasteiger partial charge in [0.25, 0.3) is 0 Å². The molecule has 0 amide bonds. The van der Waals surface area contributed by atoms with Gasteiger partial charge in [0.05, 0.1) is 24.8 Å². The summed E-state index contributed by atoms with van der Waals surface area (Å²) in [4.78, 5) is 4.26. The minimum absolute atomic E-state index is 0.440. The predicted molar refractivity (Wildman–Crippen MR) is 59.9 cm³/mol. The normalized spacial score (nSPS) is 17.7. The van der Waals surface area contributed by atoms with Gasteiger partial charge in [-0.3, -0.25) is 4.98 Å². The van der Waals surface area contributed by atoms with Gasteiger partial charge in [0.2, 0.25) is 0 Å². The molecule has 3 heteroatoms. The Hall–Kier alpha value is -1.92. The lowest BCUT2D eigenvalue weighted by molar-refractivity contribution is -0.0297. The Morgan fingerprint density at radius 2 is 2.19 bits per heavy atom. The fraction of sp³-hybridized carbons (Fsp3) is 0.231. The van der Waals surface area contributed by atoms with Gasteiger partial charge in [-0.25, -0.2) is 0 Å².